The number of rotatable bonds is 6. The quantitative estimate of drug-likeness (QED) is 0.712. The van der Waals surface area contributed by atoms with Crippen molar-refractivity contribution in [2.75, 3.05) is 27.3 Å². The minimum Gasteiger partial charge on any atom is -0.385 e. The summed E-state index contributed by atoms with van der Waals surface area (Å²) in [6.07, 6.45) is 0.869. The number of halogens is 2. The van der Waals surface area contributed by atoms with Crippen LogP contribution < -0.4 is 0 Å². The highest BCUT2D eigenvalue weighted by Crippen LogP contribution is 2.22. The van der Waals surface area contributed by atoms with Crippen LogP contribution in [0.1, 0.15) is 24.9 Å². The van der Waals surface area contributed by atoms with Gasteiger partial charge in [0.1, 0.15) is 11.6 Å². The van der Waals surface area contributed by atoms with Crippen LogP contribution in [0, 0.1) is 11.6 Å². The maximum absolute atomic E-state index is 13.6. The molecule has 0 aliphatic rings. The van der Waals surface area contributed by atoms with Crippen LogP contribution in [0.15, 0.2) is 18.2 Å². The molecule has 0 N–H and O–H groups in total. The van der Waals surface area contributed by atoms with Crippen LogP contribution in [-0.2, 0) is 4.74 Å². The Labute approximate surface area is 101 Å². The fraction of sp³-hybridized carbons (Fsp3) is 0.538. The number of benzene rings is 1. The van der Waals surface area contributed by atoms with E-state index in [-0.39, 0.29) is 11.9 Å². The van der Waals surface area contributed by atoms with Gasteiger partial charge in [0.05, 0.1) is 0 Å². The zero-order valence-corrected chi connectivity index (χ0v) is 10.5. The Morgan fingerprint density at radius 2 is 2.06 bits per heavy atom. The molecule has 0 bridgehead atoms. The molecule has 0 fully saturated rings. The van der Waals surface area contributed by atoms with Gasteiger partial charge in [-0.25, -0.2) is 8.78 Å². The monoisotopic (exact) mass is 243 g/mol. The molecule has 1 aromatic carbocycles. The van der Waals surface area contributed by atoms with Gasteiger partial charge in [-0.1, -0.05) is 0 Å². The molecule has 0 aliphatic carbocycles. The molecule has 17 heavy (non-hydrogen) atoms. The van der Waals surface area contributed by atoms with Crippen molar-refractivity contribution in [2.45, 2.75) is 19.4 Å². The summed E-state index contributed by atoms with van der Waals surface area (Å²) in [6, 6.07) is 3.41. The van der Waals surface area contributed by atoms with Crippen molar-refractivity contribution in [1.29, 1.82) is 0 Å². The van der Waals surface area contributed by atoms with Crippen molar-refractivity contribution in [3.8, 4) is 0 Å². The van der Waals surface area contributed by atoms with Gasteiger partial charge in [-0.3, -0.25) is 4.90 Å². The van der Waals surface area contributed by atoms with Crippen molar-refractivity contribution >= 4 is 0 Å². The van der Waals surface area contributed by atoms with Crippen LogP contribution in [0.25, 0.3) is 0 Å². The smallest absolute Gasteiger partial charge is 0.128 e. The first kappa shape index (κ1) is 14.1. The van der Waals surface area contributed by atoms with E-state index < -0.39 is 5.82 Å². The van der Waals surface area contributed by atoms with Gasteiger partial charge in [0.2, 0.25) is 0 Å². The van der Waals surface area contributed by atoms with Gasteiger partial charge in [-0.05, 0) is 38.6 Å². The second-order valence-corrected chi connectivity index (χ2v) is 4.17. The van der Waals surface area contributed by atoms with Crippen molar-refractivity contribution < 1.29 is 13.5 Å². The first-order chi connectivity index (χ1) is 8.06. The van der Waals surface area contributed by atoms with Gasteiger partial charge < -0.3 is 4.74 Å². The number of hydrogen-bond donors (Lipinski definition) is 0. The maximum Gasteiger partial charge on any atom is 0.128 e. The molecule has 0 saturated heterocycles. The number of nitrogens with zero attached hydrogens (tertiary/aromatic N) is 1. The molecule has 0 amide bonds. The van der Waals surface area contributed by atoms with Crippen LogP contribution in [-0.4, -0.2) is 32.2 Å². The molecule has 0 aromatic heterocycles. The standard InChI is InChI=1S/C13H19F2NO/c1-10(16(2)7-4-8-17-3)12-9-11(14)5-6-13(12)15/h5-6,9-10H,4,7-8H2,1-3H3. The van der Waals surface area contributed by atoms with E-state index in [0.717, 1.165) is 19.0 Å². The van der Waals surface area contributed by atoms with Gasteiger partial charge in [0, 0.05) is 31.9 Å². The SMILES string of the molecule is COCCCN(C)C(C)c1cc(F)ccc1F. The Hall–Kier alpha value is -1.00. The van der Waals surface area contributed by atoms with E-state index in [9.17, 15) is 8.78 Å². The van der Waals surface area contributed by atoms with Crippen molar-refractivity contribution in [2.24, 2.45) is 0 Å². The van der Waals surface area contributed by atoms with E-state index in [2.05, 4.69) is 0 Å². The Bertz CT molecular complexity index is 357. The molecular weight excluding hydrogens is 224 g/mol. The highest BCUT2D eigenvalue weighted by molar-refractivity contribution is 5.21. The fourth-order valence-electron chi connectivity index (χ4n) is 1.72. The van der Waals surface area contributed by atoms with E-state index in [0.29, 0.717) is 12.2 Å². The topological polar surface area (TPSA) is 12.5 Å². The molecule has 96 valence electrons. The van der Waals surface area contributed by atoms with Gasteiger partial charge in [0.15, 0.2) is 0 Å². The minimum absolute atomic E-state index is 0.150. The summed E-state index contributed by atoms with van der Waals surface area (Å²) in [5.41, 5.74) is 0.393. The molecule has 0 spiro atoms. The van der Waals surface area contributed by atoms with E-state index >= 15 is 0 Å². The molecule has 4 heteroatoms. The highest BCUT2D eigenvalue weighted by Gasteiger charge is 2.16. The van der Waals surface area contributed by atoms with Crippen molar-refractivity contribution in [3.05, 3.63) is 35.4 Å². The lowest BCUT2D eigenvalue weighted by atomic mass is 10.1. The number of methoxy groups -OCH3 is 1. The highest BCUT2D eigenvalue weighted by atomic mass is 19.1. The van der Waals surface area contributed by atoms with E-state index in [4.69, 9.17) is 4.74 Å². The fourth-order valence-corrected chi connectivity index (χ4v) is 1.72. The lowest BCUT2D eigenvalue weighted by Gasteiger charge is -2.25. The Morgan fingerprint density at radius 1 is 1.35 bits per heavy atom. The summed E-state index contributed by atoms with van der Waals surface area (Å²) in [7, 11) is 3.54. The lowest BCUT2D eigenvalue weighted by Crippen LogP contribution is -2.25. The third kappa shape index (κ3) is 4.06. The Balaban J connectivity index is 2.67. The molecule has 1 rings (SSSR count). The van der Waals surface area contributed by atoms with Crippen molar-refractivity contribution in [1.82, 2.24) is 4.90 Å². The van der Waals surface area contributed by atoms with Gasteiger partial charge in [-0.15, -0.1) is 0 Å². The Morgan fingerprint density at radius 3 is 2.71 bits per heavy atom. The average molecular weight is 243 g/mol. The van der Waals surface area contributed by atoms with Gasteiger partial charge in [-0.2, -0.15) is 0 Å². The normalized spacial score (nSPS) is 13.1. The summed E-state index contributed by atoms with van der Waals surface area (Å²) in [4.78, 5) is 1.98. The number of ether oxygens (including phenoxy) is 1. The molecule has 1 unspecified atom stereocenters. The van der Waals surface area contributed by atoms with Crippen LogP contribution in [0.5, 0.6) is 0 Å². The van der Waals surface area contributed by atoms with Crippen LogP contribution in [0.3, 0.4) is 0 Å². The molecule has 1 aromatic rings. The van der Waals surface area contributed by atoms with E-state index in [1.165, 1.54) is 12.1 Å². The molecule has 0 saturated carbocycles. The average Bonchev–Trinajstić information content (AvgIpc) is 2.31. The third-order valence-electron chi connectivity index (χ3n) is 2.93. The predicted molar refractivity (Wildman–Crippen MR) is 63.9 cm³/mol. The van der Waals surface area contributed by atoms with Crippen molar-refractivity contribution in [3.63, 3.8) is 0 Å². The molecule has 0 heterocycles. The minimum atomic E-state index is -0.404. The first-order valence-corrected chi connectivity index (χ1v) is 5.70. The molecule has 1 atom stereocenters. The zero-order chi connectivity index (χ0) is 12.8. The van der Waals surface area contributed by atoms with Crippen LogP contribution >= 0.6 is 0 Å². The molecule has 0 radical (unpaired) electrons. The second-order valence-electron chi connectivity index (χ2n) is 4.17. The molecule has 0 aliphatic heterocycles. The lowest BCUT2D eigenvalue weighted by molar-refractivity contribution is 0.168. The number of hydrogen-bond acceptors (Lipinski definition) is 2. The second kappa shape index (κ2) is 6.67. The van der Waals surface area contributed by atoms with E-state index in [1.54, 1.807) is 7.11 Å². The van der Waals surface area contributed by atoms with Gasteiger partial charge in [0.25, 0.3) is 0 Å². The van der Waals surface area contributed by atoms with Crippen LogP contribution in [0.2, 0.25) is 0 Å². The van der Waals surface area contributed by atoms with Crippen LogP contribution in [0.4, 0.5) is 8.78 Å². The first-order valence-electron chi connectivity index (χ1n) is 5.70. The molecular formula is C13H19F2NO. The zero-order valence-electron chi connectivity index (χ0n) is 10.5. The van der Waals surface area contributed by atoms with E-state index in [1.807, 2.05) is 18.9 Å². The summed E-state index contributed by atoms with van der Waals surface area (Å²) < 4.78 is 31.6. The third-order valence-corrected chi connectivity index (χ3v) is 2.93. The summed E-state index contributed by atoms with van der Waals surface area (Å²) in [6.45, 7) is 3.32. The summed E-state index contributed by atoms with van der Waals surface area (Å²) in [5, 5.41) is 0. The maximum atomic E-state index is 13.6. The summed E-state index contributed by atoms with van der Waals surface area (Å²) in [5.74, 6) is -0.768. The van der Waals surface area contributed by atoms with Gasteiger partial charge >= 0.3 is 0 Å². The Kier molecular flexibility index (Phi) is 5.51. The predicted octanol–water partition coefficient (Wildman–Crippen LogP) is 2.99. The molecule has 2 nitrogen and oxygen atoms in total. The largest absolute Gasteiger partial charge is 0.385 e. The summed E-state index contributed by atoms with van der Waals surface area (Å²) >= 11 is 0.